The molecule has 0 spiro atoms. The van der Waals surface area contributed by atoms with E-state index in [0.717, 1.165) is 38.6 Å². The SMILES string of the molecule is CCCCOCCCNCc1ccc(CC(C)C)cc1. The number of rotatable bonds is 11. The Bertz CT molecular complexity index is 332. The third kappa shape index (κ3) is 8.34. The highest BCUT2D eigenvalue weighted by atomic mass is 16.5. The summed E-state index contributed by atoms with van der Waals surface area (Å²) >= 11 is 0. The van der Waals surface area contributed by atoms with Crippen molar-refractivity contribution in [2.24, 2.45) is 5.92 Å². The molecule has 0 amide bonds. The molecule has 0 aromatic heterocycles. The van der Waals surface area contributed by atoms with Gasteiger partial charge in [0, 0.05) is 19.8 Å². The molecular weight excluding hydrogens is 246 g/mol. The Morgan fingerprint density at radius 3 is 2.30 bits per heavy atom. The van der Waals surface area contributed by atoms with Gasteiger partial charge in [0.15, 0.2) is 0 Å². The molecule has 114 valence electrons. The predicted molar refractivity (Wildman–Crippen MR) is 87.0 cm³/mol. The van der Waals surface area contributed by atoms with E-state index in [-0.39, 0.29) is 0 Å². The summed E-state index contributed by atoms with van der Waals surface area (Å²) in [5, 5.41) is 3.47. The van der Waals surface area contributed by atoms with Crippen LogP contribution in [0.25, 0.3) is 0 Å². The Morgan fingerprint density at radius 1 is 1.00 bits per heavy atom. The summed E-state index contributed by atoms with van der Waals surface area (Å²) in [7, 11) is 0. The van der Waals surface area contributed by atoms with Gasteiger partial charge in [0.2, 0.25) is 0 Å². The smallest absolute Gasteiger partial charge is 0.0478 e. The lowest BCUT2D eigenvalue weighted by Crippen LogP contribution is -2.16. The van der Waals surface area contributed by atoms with Crippen LogP contribution in [0.4, 0.5) is 0 Å². The first kappa shape index (κ1) is 17.2. The first-order valence-electron chi connectivity index (χ1n) is 8.08. The number of unbranched alkanes of at least 4 members (excludes halogenated alkanes) is 1. The van der Waals surface area contributed by atoms with Gasteiger partial charge in [-0.05, 0) is 42.9 Å². The predicted octanol–water partition coefficient (Wildman–Crippen LogP) is 4.18. The lowest BCUT2D eigenvalue weighted by atomic mass is 10.0. The van der Waals surface area contributed by atoms with E-state index in [4.69, 9.17) is 4.74 Å². The maximum atomic E-state index is 5.54. The van der Waals surface area contributed by atoms with Gasteiger partial charge in [0.1, 0.15) is 0 Å². The molecule has 2 nitrogen and oxygen atoms in total. The van der Waals surface area contributed by atoms with E-state index in [0.29, 0.717) is 0 Å². The molecule has 0 saturated heterocycles. The van der Waals surface area contributed by atoms with Crippen LogP contribution in [0.15, 0.2) is 24.3 Å². The van der Waals surface area contributed by atoms with Gasteiger partial charge in [-0.3, -0.25) is 0 Å². The van der Waals surface area contributed by atoms with Gasteiger partial charge < -0.3 is 10.1 Å². The second-order valence-electron chi connectivity index (χ2n) is 5.91. The highest BCUT2D eigenvalue weighted by Crippen LogP contribution is 2.09. The first-order chi connectivity index (χ1) is 9.72. The summed E-state index contributed by atoms with van der Waals surface area (Å²) in [5.74, 6) is 0.728. The van der Waals surface area contributed by atoms with Gasteiger partial charge in [0.05, 0.1) is 0 Å². The summed E-state index contributed by atoms with van der Waals surface area (Å²) in [6, 6.07) is 8.99. The van der Waals surface area contributed by atoms with E-state index < -0.39 is 0 Å². The van der Waals surface area contributed by atoms with Crippen molar-refractivity contribution in [2.45, 2.75) is 53.0 Å². The van der Waals surface area contributed by atoms with E-state index in [2.05, 4.69) is 50.4 Å². The Hall–Kier alpha value is -0.860. The van der Waals surface area contributed by atoms with E-state index in [1.807, 2.05) is 0 Å². The fourth-order valence-electron chi connectivity index (χ4n) is 2.15. The summed E-state index contributed by atoms with van der Waals surface area (Å²) in [6.45, 7) is 10.5. The lowest BCUT2D eigenvalue weighted by molar-refractivity contribution is 0.129. The van der Waals surface area contributed by atoms with Crippen molar-refractivity contribution in [1.29, 1.82) is 0 Å². The van der Waals surface area contributed by atoms with Crippen LogP contribution in [0.5, 0.6) is 0 Å². The Labute approximate surface area is 124 Å². The highest BCUT2D eigenvalue weighted by molar-refractivity contribution is 5.22. The van der Waals surface area contributed by atoms with Crippen LogP contribution in [0.1, 0.15) is 51.2 Å². The third-order valence-corrected chi connectivity index (χ3v) is 3.28. The average Bonchev–Trinajstić information content (AvgIpc) is 2.43. The van der Waals surface area contributed by atoms with Crippen molar-refractivity contribution in [3.8, 4) is 0 Å². The van der Waals surface area contributed by atoms with Gasteiger partial charge in [-0.1, -0.05) is 51.5 Å². The molecule has 0 bridgehead atoms. The van der Waals surface area contributed by atoms with Crippen LogP contribution in [-0.4, -0.2) is 19.8 Å². The molecule has 0 heterocycles. The zero-order valence-corrected chi connectivity index (χ0v) is 13.5. The molecule has 1 rings (SSSR count). The zero-order chi connectivity index (χ0) is 14.6. The second-order valence-corrected chi connectivity index (χ2v) is 5.91. The molecule has 0 saturated carbocycles. The average molecular weight is 277 g/mol. The highest BCUT2D eigenvalue weighted by Gasteiger charge is 1.98. The summed E-state index contributed by atoms with van der Waals surface area (Å²) < 4.78 is 5.54. The molecule has 1 aromatic rings. The van der Waals surface area contributed by atoms with E-state index in [1.54, 1.807) is 0 Å². The molecule has 2 heteroatoms. The van der Waals surface area contributed by atoms with E-state index >= 15 is 0 Å². The Balaban J connectivity index is 2.07. The lowest BCUT2D eigenvalue weighted by Gasteiger charge is -2.08. The van der Waals surface area contributed by atoms with Crippen molar-refractivity contribution < 1.29 is 4.74 Å². The van der Waals surface area contributed by atoms with Crippen LogP contribution >= 0.6 is 0 Å². The number of benzene rings is 1. The van der Waals surface area contributed by atoms with Crippen molar-refractivity contribution in [2.75, 3.05) is 19.8 Å². The van der Waals surface area contributed by atoms with Gasteiger partial charge in [0.25, 0.3) is 0 Å². The van der Waals surface area contributed by atoms with Crippen LogP contribution in [0, 0.1) is 5.92 Å². The van der Waals surface area contributed by atoms with Crippen molar-refractivity contribution in [3.63, 3.8) is 0 Å². The molecular formula is C18H31NO. The molecule has 0 aliphatic rings. The summed E-state index contributed by atoms with van der Waals surface area (Å²) in [6.07, 6.45) is 4.65. The molecule has 20 heavy (non-hydrogen) atoms. The van der Waals surface area contributed by atoms with Crippen molar-refractivity contribution >= 4 is 0 Å². The standard InChI is InChI=1S/C18H31NO/c1-4-5-12-20-13-6-11-19-15-18-9-7-17(8-10-18)14-16(2)3/h7-10,16,19H,4-6,11-15H2,1-3H3. The van der Waals surface area contributed by atoms with E-state index in [9.17, 15) is 0 Å². The minimum Gasteiger partial charge on any atom is -0.381 e. The molecule has 0 fully saturated rings. The number of hydrogen-bond donors (Lipinski definition) is 1. The minimum atomic E-state index is 0.728. The molecule has 0 unspecified atom stereocenters. The summed E-state index contributed by atoms with van der Waals surface area (Å²) in [5.41, 5.74) is 2.80. The molecule has 0 aliphatic heterocycles. The fourth-order valence-corrected chi connectivity index (χ4v) is 2.15. The monoisotopic (exact) mass is 277 g/mol. The number of ether oxygens (including phenoxy) is 1. The van der Waals surface area contributed by atoms with E-state index in [1.165, 1.54) is 30.4 Å². The maximum absolute atomic E-state index is 5.54. The Morgan fingerprint density at radius 2 is 1.65 bits per heavy atom. The normalized spacial score (nSPS) is 11.2. The van der Waals surface area contributed by atoms with Crippen molar-refractivity contribution in [3.05, 3.63) is 35.4 Å². The summed E-state index contributed by atoms with van der Waals surface area (Å²) in [4.78, 5) is 0. The Kier molecular flexibility index (Phi) is 9.35. The van der Waals surface area contributed by atoms with Gasteiger partial charge in [-0.2, -0.15) is 0 Å². The number of hydrogen-bond acceptors (Lipinski definition) is 2. The van der Waals surface area contributed by atoms with Crippen LogP contribution < -0.4 is 5.32 Å². The molecule has 1 N–H and O–H groups in total. The topological polar surface area (TPSA) is 21.3 Å². The first-order valence-corrected chi connectivity index (χ1v) is 8.08. The molecule has 1 aromatic carbocycles. The fraction of sp³-hybridized carbons (Fsp3) is 0.667. The third-order valence-electron chi connectivity index (χ3n) is 3.28. The second kappa shape index (κ2) is 10.9. The van der Waals surface area contributed by atoms with Gasteiger partial charge >= 0.3 is 0 Å². The largest absolute Gasteiger partial charge is 0.381 e. The molecule has 0 radical (unpaired) electrons. The minimum absolute atomic E-state index is 0.728. The van der Waals surface area contributed by atoms with Crippen molar-refractivity contribution in [1.82, 2.24) is 5.32 Å². The van der Waals surface area contributed by atoms with Crippen LogP contribution in [0.3, 0.4) is 0 Å². The molecule has 0 atom stereocenters. The molecule has 0 aliphatic carbocycles. The number of nitrogens with one attached hydrogen (secondary N) is 1. The quantitative estimate of drug-likeness (QED) is 0.613. The van der Waals surface area contributed by atoms with Crippen LogP contribution in [0.2, 0.25) is 0 Å². The van der Waals surface area contributed by atoms with Crippen LogP contribution in [-0.2, 0) is 17.7 Å². The van der Waals surface area contributed by atoms with Gasteiger partial charge in [-0.25, -0.2) is 0 Å². The maximum Gasteiger partial charge on any atom is 0.0478 e. The van der Waals surface area contributed by atoms with Gasteiger partial charge in [-0.15, -0.1) is 0 Å². The zero-order valence-electron chi connectivity index (χ0n) is 13.5.